The monoisotopic (exact) mass is 212 g/mol. The lowest BCUT2D eigenvalue weighted by molar-refractivity contribution is 0.159. The Kier molecular flexibility index (Phi) is 5.62. The highest BCUT2D eigenvalue weighted by Crippen LogP contribution is 2.31. The highest BCUT2D eigenvalue weighted by atomic mass is 15.1. The van der Waals surface area contributed by atoms with Crippen molar-refractivity contribution in [1.29, 1.82) is 0 Å². The van der Waals surface area contributed by atoms with Gasteiger partial charge in [0.15, 0.2) is 0 Å². The van der Waals surface area contributed by atoms with E-state index in [9.17, 15) is 0 Å². The van der Waals surface area contributed by atoms with E-state index in [4.69, 9.17) is 0 Å². The molecular formula is C13H28N2. The summed E-state index contributed by atoms with van der Waals surface area (Å²) in [7, 11) is 4.36. The Labute approximate surface area is 95.4 Å². The van der Waals surface area contributed by atoms with Gasteiger partial charge in [-0.1, -0.05) is 20.3 Å². The molecular weight excluding hydrogens is 184 g/mol. The average Bonchev–Trinajstić information content (AvgIpc) is 2.28. The standard InChI is InChI=1S/C13H28N2/c1-5-11-7-8-13(14-3)12(9-11)10-15(4)6-2/h11-14H,5-10H2,1-4H3. The van der Waals surface area contributed by atoms with Gasteiger partial charge in [-0.2, -0.15) is 0 Å². The summed E-state index contributed by atoms with van der Waals surface area (Å²) in [5.41, 5.74) is 0. The van der Waals surface area contributed by atoms with Gasteiger partial charge < -0.3 is 10.2 Å². The van der Waals surface area contributed by atoms with Crippen molar-refractivity contribution >= 4 is 0 Å². The van der Waals surface area contributed by atoms with Crippen LogP contribution in [0.25, 0.3) is 0 Å². The van der Waals surface area contributed by atoms with Gasteiger partial charge in [-0.05, 0) is 51.7 Å². The quantitative estimate of drug-likeness (QED) is 0.752. The number of hydrogen-bond donors (Lipinski definition) is 1. The molecule has 0 aliphatic heterocycles. The Balaban J connectivity index is 2.47. The molecule has 2 nitrogen and oxygen atoms in total. The van der Waals surface area contributed by atoms with Crippen LogP contribution in [0.4, 0.5) is 0 Å². The number of hydrogen-bond acceptors (Lipinski definition) is 2. The fraction of sp³-hybridized carbons (Fsp3) is 1.00. The summed E-state index contributed by atoms with van der Waals surface area (Å²) in [6, 6.07) is 0.752. The van der Waals surface area contributed by atoms with E-state index in [-0.39, 0.29) is 0 Å². The first kappa shape index (κ1) is 13.0. The second-order valence-corrected chi connectivity index (χ2v) is 5.10. The first-order valence-electron chi connectivity index (χ1n) is 6.57. The smallest absolute Gasteiger partial charge is 0.0105 e. The van der Waals surface area contributed by atoms with Crippen molar-refractivity contribution in [1.82, 2.24) is 10.2 Å². The molecule has 0 spiro atoms. The Hall–Kier alpha value is -0.0800. The van der Waals surface area contributed by atoms with E-state index in [0.717, 1.165) is 17.9 Å². The normalized spacial score (nSPS) is 32.2. The van der Waals surface area contributed by atoms with Crippen molar-refractivity contribution in [3.63, 3.8) is 0 Å². The zero-order valence-corrected chi connectivity index (χ0v) is 10.9. The van der Waals surface area contributed by atoms with Gasteiger partial charge in [0.25, 0.3) is 0 Å². The van der Waals surface area contributed by atoms with Crippen LogP contribution >= 0.6 is 0 Å². The summed E-state index contributed by atoms with van der Waals surface area (Å²) in [5, 5.41) is 3.50. The molecule has 1 aliphatic rings. The molecule has 1 rings (SSSR count). The summed E-state index contributed by atoms with van der Waals surface area (Å²) in [6.07, 6.45) is 5.58. The second-order valence-electron chi connectivity index (χ2n) is 5.10. The molecule has 3 atom stereocenters. The van der Waals surface area contributed by atoms with Gasteiger partial charge in [0.2, 0.25) is 0 Å². The van der Waals surface area contributed by atoms with Crippen LogP contribution in [0.2, 0.25) is 0 Å². The minimum atomic E-state index is 0.752. The highest BCUT2D eigenvalue weighted by molar-refractivity contribution is 4.85. The molecule has 0 heterocycles. The SMILES string of the molecule is CCC1CCC(NC)C(CN(C)CC)C1. The van der Waals surface area contributed by atoms with Crippen LogP contribution in [0.5, 0.6) is 0 Å². The van der Waals surface area contributed by atoms with Crippen molar-refractivity contribution in [2.45, 2.75) is 45.6 Å². The molecule has 1 N–H and O–H groups in total. The molecule has 0 saturated heterocycles. The Morgan fingerprint density at radius 2 is 2.00 bits per heavy atom. The van der Waals surface area contributed by atoms with E-state index in [1.807, 2.05) is 0 Å². The molecule has 0 radical (unpaired) electrons. The zero-order valence-electron chi connectivity index (χ0n) is 10.9. The maximum Gasteiger partial charge on any atom is 0.0105 e. The lowest BCUT2D eigenvalue weighted by Crippen LogP contribution is -2.43. The third kappa shape index (κ3) is 3.76. The van der Waals surface area contributed by atoms with Crippen molar-refractivity contribution < 1.29 is 0 Å². The van der Waals surface area contributed by atoms with Gasteiger partial charge in [-0.25, -0.2) is 0 Å². The van der Waals surface area contributed by atoms with Crippen LogP contribution in [0.1, 0.15) is 39.5 Å². The fourth-order valence-electron chi connectivity index (χ4n) is 2.84. The van der Waals surface area contributed by atoms with E-state index in [2.05, 4.69) is 38.2 Å². The Morgan fingerprint density at radius 3 is 2.53 bits per heavy atom. The van der Waals surface area contributed by atoms with Gasteiger partial charge in [0, 0.05) is 12.6 Å². The molecule has 0 bridgehead atoms. The van der Waals surface area contributed by atoms with Crippen LogP contribution in [0.15, 0.2) is 0 Å². The van der Waals surface area contributed by atoms with E-state index >= 15 is 0 Å². The molecule has 1 aliphatic carbocycles. The lowest BCUT2D eigenvalue weighted by atomic mass is 9.76. The largest absolute Gasteiger partial charge is 0.317 e. The van der Waals surface area contributed by atoms with Gasteiger partial charge in [-0.15, -0.1) is 0 Å². The average molecular weight is 212 g/mol. The first-order valence-corrected chi connectivity index (χ1v) is 6.57. The molecule has 1 saturated carbocycles. The van der Waals surface area contributed by atoms with Crippen molar-refractivity contribution in [3.05, 3.63) is 0 Å². The minimum Gasteiger partial charge on any atom is -0.317 e. The Bertz CT molecular complexity index is 168. The summed E-state index contributed by atoms with van der Waals surface area (Å²) in [4.78, 5) is 2.45. The maximum absolute atomic E-state index is 3.50. The van der Waals surface area contributed by atoms with Gasteiger partial charge >= 0.3 is 0 Å². The molecule has 0 aromatic rings. The molecule has 0 amide bonds. The molecule has 90 valence electrons. The summed E-state index contributed by atoms with van der Waals surface area (Å²) in [5.74, 6) is 1.84. The first-order chi connectivity index (χ1) is 7.21. The lowest BCUT2D eigenvalue weighted by Gasteiger charge is -2.37. The third-order valence-corrected chi connectivity index (χ3v) is 4.13. The third-order valence-electron chi connectivity index (χ3n) is 4.13. The second kappa shape index (κ2) is 6.49. The zero-order chi connectivity index (χ0) is 11.3. The van der Waals surface area contributed by atoms with Crippen LogP contribution in [0.3, 0.4) is 0 Å². The van der Waals surface area contributed by atoms with E-state index < -0.39 is 0 Å². The molecule has 0 aromatic carbocycles. The highest BCUT2D eigenvalue weighted by Gasteiger charge is 2.29. The molecule has 1 fully saturated rings. The van der Waals surface area contributed by atoms with E-state index in [0.29, 0.717) is 0 Å². The van der Waals surface area contributed by atoms with Crippen LogP contribution in [-0.2, 0) is 0 Å². The minimum absolute atomic E-state index is 0.752. The van der Waals surface area contributed by atoms with E-state index in [1.54, 1.807) is 0 Å². The Morgan fingerprint density at radius 1 is 1.27 bits per heavy atom. The van der Waals surface area contributed by atoms with Crippen LogP contribution in [-0.4, -0.2) is 38.1 Å². The predicted octanol–water partition coefficient (Wildman–Crippen LogP) is 2.35. The summed E-state index contributed by atoms with van der Waals surface area (Å²) in [6.45, 7) is 7.02. The molecule has 3 unspecified atom stereocenters. The molecule has 0 aromatic heterocycles. The van der Waals surface area contributed by atoms with Gasteiger partial charge in [-0.3, -0.25) is 0 Å². The molecule has 2 heteroatoms. The molecule has 15 heavy (non-hydrogen) atoms. The van der Waals surface area contributed by atoms with Gasteiger partial charge in [0.1, 0.15) is 0 Å². The van der Waals surface area contributed by atoms with Crippen molar-refractivity contribution in [3.8, 4) is 0 Å². The number of nitrogens with zero attached hydrogens (tertiary/aromatic N) is 1. The maximum atomic E-state index is 3.50. The summed E-state index contributed by atoms with van der Waals surface area (Å²) < 4.78 is 0. The van der Waals surface area contributed by atoms with Crippen LogP contribution < -0.4 is 5.32 Å². The van der Waals surface area contributed by atoms with Gasteiger partial charge in [0.05, 0.1) is 0 Å². The summed E-state index contributed by atoms with van der Waals surface area (Å²) >= 11 is 0. The van der Waals surface area contributed by atoms with Crippen molar-refractivity contribution in [2.24, 2.45) is 11.8 Å². The fourth-order valence-corrected chi connectivity index (χ4v) is 2.84. The number of nitrogens with one attached hydrogen (secondary N) is 1. The van der Waals surface area contributed by atoms with Crippen LogP contribution in [0, 0.1) is 11.8 Å². The van der Waals surface area contributed by atoms with E-state index in [1.165, 1.54) is 38.8 Å². The number of rotatable bonds is 5. The van der Waals surface area contributed by atoms with Crippen molar-refractivity contribution in [2.75, 3.05) is 27.2 Å². The topological polar surface area (TPSA) is 15.3 Å². The predicted molar refractivity (Wildman–Crippen MR) is 67.1 cm³/mol.